The molecule has 21 heavy (non-hydrogen) atoms. The molecule has 0 spiro atoms. The number of anilines is 1. The maximum absolute atomic E-state index is 12.7. The number of alkyl halides is 3. The van der Waals surface area contributed by atoms with Gasteiger partial charge in [0.05, 0.1) is 6.20 Å². The average molecular weight is 296 g/mol. The van der Waals surface area contributed by atoms with Gasteiger partial charge in [0.25, 0.3) is 0 Å². The van der Waals surface area contributed by atoms with E-state index in [1.165, 1.54) is 12.4 Å². The third-order valence-electron chi connectivity index (χ3n) is 2.90. The fourth-order valence-corrected chi connectivity index (χ4v) is 1.95. The summed E-state index contributed by atoms with van der Waals surface area (Å²) >= 11 is 0. The normalized spacial score (nSPS) is 12.0. The Kier molecular flexibility index (Phi) is 3.04. The smallest absolute Gasteiger partial charge is 0.364 e. The molecular formula is C12H11F3N6. The summed E-state index contributed by atoms with van der Waals surface area (Å²) in [4.78, 5) is 4.06. The minimum atomic E-state index is -4.48. The Morgan fingerprint density at radius 2 is 2.14 bits per heavy atom. The number of fused-ring (bicyclic) bond motifs is 1. The molecule has 0 aliphatic carbocycles. The molecule has 3 aromatic heterocycles. The SMILES string of the molecule is Cn1cc(CNc2nccn3nc(C(F)(F)F)cc23)cn1. The van der Waals surface area contributed by atoms with Crippen molar-refractivity contribution < 1.29 is 13.2 Å². The average Bonchev–Trinajstić information content (AvgIpc) is 3.01. The van der Waals surface area contributed by atoms with Gasteiger partial charge in [-0.3, -0.25) is 4.68 Å². The quantitative estimate of drug-likeness (QED) is 0.804. The summed E-state index contributed by atoms with van der Waals surface area (Å²) in [5.74, 6) is 0.337. The Morgan fingerprint density at radius 3 is 2.81 bits per heavy atom. The van der Waals surface area contributed by atoms with Crippen molar-refractivity contribution in [2.24, 2.45) is 7.05 Å². The van der Waals surface area contributed by atoms with Gasteiger partial charge in [0.1, 0.15) is 5.52 Å². The van der Waals surface area contributed by atoms with Gasteiger partial charge in [-0.05, 0) is 0 Å². The number of aryl methyl sites for hydroxylation is 1. The molecule has 0 saturated carbocycles. The second-order valence-corrected chi connectivity index (χ2v) is 4.51. The molecule has 6 nitrogen and oxygen atoms in total. The molecule has 0 radical (unpaired) electrons. The van der Waals surface area contributed by atoms with E-state index >= 15 is 0 Å². The predicted molar refractivity (Wildman–Crippen MR) is 68.5 cm³/mol. The fraction of sp³-hybridized carbons (Fsp3) is 0.250. The van der Waals surface area contributed by atoms with Crippen molar-refractivity contribution in [1.82, 2.24) is 24.4 Å². The molecule has 1 N–H and O–H groups in total. The molecule has 0 aliphatic rings. The molecule has 0 bridgehead atoms. The van der Waals surface area contributed by atoms with Crippen LogP contribution < -0.4 is 5.32 Å². The van der Waals surface area contributed by atoms with Crippen LogP contribution in [0.4, 0.5) is 19.0 Å². The summed E-state index contributed by atoms with van der Waals surface area (Å²) in [5.41, 5.74) is 0.227. The number of nitrogens with one attached hydrogen (secondary N) is 1. The molecule has 3 heterocycles. The van der Waals surface area contributed by atoms with Crippen LogP contribution in [0.5, 0.6) is 0 Å². The first-order valence-electron chi connectivity index (χ1n) is 6.06. The van der Waals surface area contributed by atoms with Crippen LogP contribution in [0.25, 0.3) is 5.52 Å². The minimum absolute atomic E-state index is 0.272. The highest BCUT2D eigenvalue weighted by Gasteiger charge is 2.34. The Labute approximate surface area is 117 Å². The van der Waals surface area contributed by atoms with Gasteiger partial charge in [-0.15, -0.1) is 0 Å². The lowest BCUT2D eigenvalue weighted by atomic mass is 10.3. The lowest BCUT2D eigenvalue weighted by Gasteiger charge is -2.04. The zero-order valence-electron chi connectivity index (χ0n) is 11.0. The summed E-state index contributed by atoms with van der Waals surface area (Å²) in [7, 11) is 1.79. The van der Waals surface area contributed by atoms with Gasteiger partial charge in [0, 0.05) is 43.8 Å². The highest BCUT2D eigenvalue weighted by Crippen LogP contribution is 2.30. The van der Waals surface area contributed by atoms with E-state index in [2.05, 4.69) is 20.5 Å². The summed E-state index contributed by atoms with van der Waals surface area (Å²) in [5, 5.41) is 10.5. The van der Waals surface area contributed by atoms with Gasteiger partial charge >= 0.3 is 6.18 Å². The molecule has 0 aromatic carbocycles. The zero-order chi connectivity index (χ0) is 15.0. The maximum Gasteiger partial charge on any atom is 0.435 e. The van der Waals surface area contributed by atoms with Crippen LogP contribution >= 0.6 is 0 Å². The van der Waals surface area contributed by atoms with Crippen molar-refractivity contribution in [3.05, 3.63) is 42.1 Å². The lowest BCUT2D eigenvalue weighted by molar-refractivity contribution is -0.141. The minimum Gasteiger partial charge on any atom is -0.364 e. The van der Waals surface area contributed by atoms with E-state index in [4.69, 9.17) is 0 Å². The Morgan fingerprint density at radius 1 is 1.33 bits per heavy atom. The fourth-order valence-electron chi connectivity index (χ4n) is 1.95. The van der Waals surface area contributed by atoms with E-state index in [1.54, 1.807) is 17.9 Å². The second-order valence-electron chi connectivity index (χ2n) is 4.51. The third kappa shape index (κ3) is 2.67. The molecule has 9 heteroatoms. The first kappa shape index (κ1) is 13.4. The van der Waals surface area contributed by atoms with Crippen molar-refractivity contribution in [2.45, 2.75) is 12.7 Å². The molecule has 0 aliphatic heterocycles. The largest absolute Gasteiger partial charge is 0.435 e. The van der Waals surface area contributed by atoms with Gasteiger partial charge < -0.3 is 5.32 Å². The van der Waals surface area contributed by atoms with Crippen LogP contribution in [0, 0.1) is 0 Å². The van der Waals surface area contributed by atoms with Crippen molar-refractivity contribution in [3.8, 4) is 0 Å². The highest BCUT2D eigenvalue weighted by molar-refractivity contribution is 5.67. The molecular weight excluding hydrogens is 285 g/mol. The first-order chi connectivity index (χ1) is 9.93. The van der Waals surface area contributed by atoms with Gasteiger partial charge in [-0.2, -0.15) is 23.4 Å². The number of halogens is 3. The first-order valence-corrected chi connectivity index (χ1v) is 6.06. The van der Waals surface area contributed by atoms with Crippen LogP contribution in [-0.2, 0) is 19.8 Å². The predicted octanol–water partition coefficient (Wildman–Crippen LogP) is 2.09. The molecule has 0 atom stereocenters. The Hall–Kier alpha value is -2.58. The third-order valence-corrected chi connectivity index (χ3v) is 2.90. The summed E-state index contributed by atoms with van der Waals surface area (Å²) in [6.07, 6.45) is 1.77. The van der Waals surface area contributed by atoms with Crippen molar-refractivity contribution in [1.29, 1.82) is 0 Å². The number of hydrogen-bond donors (Lipinski definition) is 1. The van der Waals surface area contributed by atoms with Crippen molar-refractivity contribution in [2.75, 3.05) is 5.32 Å². The summed E-state index contributed by atoms with van der Waals surface area (Å²) in [6, 6.07) is 0.971. The van der Waals surface area contributed by atoms with Crippen molar-refractivity contribution in [3.63, 3.8) is 0 Å². The Balaban J connectivity index is 1.89. The second kappa shape index (κ2) is 4.76. The monoisotopic (exact) mass is 296 g/mol. The van der Waals surface area contributed by atoms with Crippen LogP contribution in [0.3, 0.4) is 0 Å². The van der Waals surface area contributed by atoms with E-state index < -0.39 is 11.9 Å². The van der Waals surface area contributed by atoms with Crippen LogP contribution in [0.15, 0.2) is 30.9 Å². The molecule has 0 unspecified atom stereocenters. The molecule has 3 rings (SSSR count). The van der Waals surface area contributed by atoms with Gasteiger partial charge in [-0.1, -0.05) is 0 Å². The highest BCUT2D eigenvalue weighted by atomic mass is 19.4. The molecule has 0 amide bonds. The number of rotatable bonds is 3. The van der Waals surface area contributed by atoms with Crippen LogP contribution in [0.2, 0.25) is 0 Å². The van der Waals surface area contributed by atoms with Gasteiger partial charge in [-0.25, -0.2) is 9.50 Å². The van der Waals surface area contributed by atoms with Crippen LogP contribution in [-0.4, -0.2) is 24.4 Å². The number of nitrogens with zero attached hydrogens (tertiary/aromatic N) is 5. The van der Waals surface area contributed by atoms with E-state index in [-0.39, 0.29) is 5.52 Å². The topological polar surface area (TPSA) is 60.0 Å². The zero-order valence-corrected chi connectivity index (χ0v) is 11.0. The van der Waals surface area contributed by atoms with Crippen molar-refractivity contribution >= 4 is 11.3 Å². The lowest BCUT2D eigenvalue weighted by Crippen LogP contribution is -2.05. The molecule has 0 fully saturated rings. The maximum atomic E-state index is 12.7. The van der Waals surface area contributed by atoms with E-state index in [9.17, 15) is 13.2 Å². The standard InChI is InChI=1S/C12H11F3N6/c1-20-7-8(6-18-20)5-17-11-9-4-10(12(13,14)15)19-21(9)3-2-16-11/h2-4,6-7H,5H2,1H3,(H,16,17). The molecule has 0 saturated heterocycles. The van der Waals surface area contributed by atoms with E-state index in [1.807, 2.05) is 6.20 Å². The van der Waals surface area contributed by atoms with Gasteiger partial charge in [0.15, 0.2) is 11.5 Å². The summed E-state index contributed by atoms with van der Waals surface area (Å²) in [6.45, 7) is 0.410. The molecule has 110 valence electrons. The van der Waals surface area contributed by atoms with E-state index in [0.717, 1.165) is 16.1 Å². The van der Waals surface area contributed by atoms with E-state index in [0.29, 0.717) is 12.4 Å². The summed E-state index contributed by atoms with van der Waals surface area (Å²) < 4.78 is 40.8. The van der Waals surface area contributed by atoms with Gasteiger partial charge in [0.2, 0.25) is 0 Å². The number of aromatic nitrogens is 5. The molecule has 3 aromatic rings. The Bertz CT molecular complexity index is 773. The number of hydrogen-bond acceptors (Lipinski definition) is 4. The van der Waals surface area contributed by atoms with Crippen LogP contribution in [0.1, 0.15) is 11.3 Å².